The van der Waals surface area contributed by atoms with E-state index in [4.69, 9.17) is 0 Å². The van der Waals surface area contributed by atoms with E-state index in [0.29, 0.717) is 5.56 Å². The lowest BCUT2D eigenvalue weighted by molar-refractivity contribution is -0.274. The monoisotopic (exact) mass is 273 g/mol. The molecule has 0 unspecified atom stereocenters. The summed E-state index contributed by atoms with van der Waals surface area (Å²) in [5.74, 6) is -0.194. The van der Waals surface area contributed by atoms with Crippen molar-refractivity contribution in [2.75, 3.05) is 13.1 Å². The van der Waals surface area contributed by atoms with Gasteiger partial charge in [-0.05, 0) is 30.7 Å². The molecule has 0 aliphatic rings. The molecular weight excluding hydrogens is 255 g/mol. The normalized spacial score (nSPS) is 12.6. The second-order valence-corrected chi connectivity index (χ2v) is 4.06. The highest BCUT2D eigenvalue weighted by Gasteiger charge is 2.30. The van der Waals surface area contributed by atoms with Gasteiger partial charge in [0.1, 0.15) is 5.75 Å². The number of hydrogen-bond donors (Lipinski definition) is 1. The predicted octanol–water partition coefficient (Wildman–Crippen LogP) is 3.99. The van der Waals surface area contributed by atoms with Crippen LogP contribution in [0.5, 0.6) is 5.75 Å². The van der Waals surface area contributed by atoms with Gasteiger partial charge in [0.15, 0.2) is 0 Å². The van der Waals surface area contributed by atoms with Crippen LogP contribution < -0.4 is 10.1 Å². The fourth-order valence-corrected chi connectivity index (χ4v) is 1.60. The molecule has 0 fully saturated rings. The zero-order chi connectivity index (χ0) is 14.3. The summed E-state index contributed by atoms with van der Waals surface area (Å²) in [6.07, 6.45) is -1.93. The third kappa shape index (κ3) is 6.29. The Labute approximate surface area is 111 Å². The lowest BCUT2D eigenvalue weighted by atomic mass is 10.1. The minimum Gasteiger partial charge on any atom is -0.406 e. The first-order chi connectivity index (χ1) is 8.94. The molecule has 0 radical (unpaired) electrons. The predicted molar refractivity (Wildman–Crippen MR) is 69.9 cm³/mol. The van der Waals surface area contributed by atoms with Gasteiger partial charge in [-0.1, -0.05) is 37.6 Å². The van der Waals surface area contributed by atoms with Crippen molar-refractivity contribution in [3.8, 4) is 5.75 Å². The van der Waals surface area contributed by atoms with Crippen LogP contribution in [-0.2, 0) is 0 Å². The van der Waals surface area contributed by atoms with E-state index in [0.717, 1.165) is 25.1 Å². The summed E-state index contributed by atoms with van der Waals surface area (Å²) in [7, 11) is 0. The highest BCUT2D eigenvalue weighted by molar-refractivity contribution is 5.55. The molecule has 106 valence electrons. The van der Waals surface area contributed by atoms with Gasteiger partial charge in [-0.2, -0.15) is 0 Å². The zero-order valence-corrected chi connectivity index (χ0v) is 11.1. The largest absolute Gasteiger partial charge is 0.573 e. The van der Waals surface area contributed by atoms with Gasteiger partial charge in [-0.15, -0.1) is 13.2 Å². The van der Waals surface area contributed by atoms with Gasteiger partial charge in [0.2, 0.25) is 0 Å². The van der Waals surface area contributed by atoms with E-state index in [1.54, 1.807) is 12.1 Å². The summed E-state index contributed by atoms with van der Waals surface area (Å²) in [6, 6.07) is 5.98. The number of likely N-dealkylation sites (N-methyl/N-ethyl adjacent to an activating group) is 1. The van der Waals surface area contributed by atoms with Gasteiger partial charge in [0.05, 0.1) is 0 Å². The van der Waals surface area contributed by atoms with E-state index in [-0.39, 0.29) is 5.75 Å². The van der Waals surface area contributed by atoms with Crippen LogP contribution >= 0.6 is 0 Å². The molecule has 0 bridgehead atoms. The van der Waals surface area contributed by atoms with Crippen molar-refractivity contribution < 1.29 is 17.9 Å². The number of halogens is 3. The Kier molecular flexibility index (Phi) is 5.89. The maximum atomic E-state index is 12.1. The average molecular weight is 273 g/mol. The van der Waals surface area contributed by atoms with Crippen molar-refractivity contribution >= 4 is 6.08 Å². The molecule has 0 heterocycles. The average Bonchev–Trinajstić information content (AvgIpc) is 2.32. The lowest BCUT2D eigenvalue weighted by Crippen LogP contribution is -2.17. The third-order valence-electron chi connectivity index (χ3n) is 2.52. The molecule has 1 N–H and O–H groups in total. The van der Waals surface area contributed by atoms with Gasteiger partial charge >= 0.3 is 6.36 Å². The second kappa shape index (κ2) is 7.19. The maximum absolute atomic E-state index is 12.1. The second-order valence-electron chi connectivity index (χ2n) is 4.06. The van der Waals surface area contributed by atoms with E-state index >= 15 is 0 Å². The molecule has 0 aromatic heterocycles. The Morgan fingerprint density at radius 3 is 2.63 bits per heavy atom. The van der Waals surface area contributed by atoms with E-state index in [1.807, 2.05) is 19.9 Å². The number of ether oxygens (including phenoxy) is 1. The summed E-state index contributed by atoms with van der Waals surface area (Å²) in [5, 5.41) is 3.19. The molecule has 0 spiro atoms. The van der Waals surface area contributed by atoms with Crippen LogP contribution in [-0.4, -0.2) is 19.5 Å². The number of hydrogen-bond acceptors (Lipinski definition) is 2. The summed E-state index contributed by atoms with van der Waals surface area (Å²) in [4.78, 5) is 0. The highest BCUT2D eigenvalue weighted by Crippen LogP contribution is 2.24. The Hall–Kier alpha value is -1.49. The first-order valence-corrected chi connectivity index (χ1v) is 6.20. The molecule has 5 heteroatoms. The molecular formula is C14H18F3NO. The quantitative estimate of drug-likeness (QED) is 0.846. The van der Waals surface area contributed by atoms with E-state index < -0.39 is 6.36 Å². The van der Waals surface area contributed by atoms with Gasteiger partial charge in [-0.25, -0.2) is 0 Å². The smallest absolute Gasteiger partial charge is 0.406 e. The molecule has 0 saturated heterocycles. The van der Waals surface area contributed by atoms with Crippen molar-refractivity contribution in [2.24, 2.45) is 0 Å². The van der Waals surface area contributed by atoms with Gasteiger partial charge < -0.3 is 10.1 Å². The lowest BCUT2D eigenvalue weighted by Gasteiger charge is -2.10. The fourth-order valence-electron chi connectivity index (χ4n) is 1.60. The van der Waals surface area contributed by atoms with Crippen LogP contribution in [0.1, 0.15) is 25.8 Å². The first-order valence-electron chi connectivity index (χ1n) is 6.20. The van der Waals surface area contributed by atoms with Gasteiger partial charge in [-0.3, -0.25) is 0 Å². The molecule has 1 aromatic carbocycles. The molecule has 0 saturated carbocycles. The molecule has 19 heavy (non-hydrogen) atoms. The van der Waals surface area contributed by atoms with Crippen LogP contribution in [0, 0.1) is 0 Å². The SMILES string of the molecule is CCNC/C(=C/c1cccc(OC(F)(F)F)c1)CC. The summed E-state index contributed by atoms with van der Waals surface area (Å²) >= 11 is 0. The summed E-state index contributed by atoms with van der Waals surface area (Å²) in [6.45, 7) is 5.61. The van der Waals surface area contributed by atoms with Crippen molar-refractivity contribution in [2.45, 2.75) is 26.6 Å². The third-order valence-corrected chi connectivity index (χ3v) is 2.52. The van der Waals surface area contributed by atoms with Crippen LogP contribution in [0.25, 0.3) is 6.08 Å². The van der Waals surface area contributed by atoms with Crippen LogP contribution in [0.4, 0.5) is 13.2 Å². The number of alkyl halides is 3. The topological polar surface area (TPSA) is 21.3 Å². The molecule has 1 rings (SSSR count). The first kappa shape index (κ1) is 15.6. The van der Waals surface area contributed by atoms with Crippen molar-refractivity contribution in [3.05, 3.63) is 35.4 Å². The van der Waals surface area contributed by atoms with Crippen molar-refractivity contribution in [1.29, 1.82) is 0 Å². The Morgan fingerprint density at radius 2 is 2.05 bits per heavy atom. The maximum Gasteiger partial charge on any atom is 0.573 e. The van der Waals surface area contributed by atoms with Crippen LogP contribution in [0.15, 0.2) is 29.8 Å². The molecule has 2 nitrogen and oxygen atoms in total. The molecule has 0 atom stereocenters. The molecule has 0 aliphatic carbocycles. The molecule has 1 aromatic rings. The van der Waals surface area contributed by atoms with E-state index in [2.05, 4.69) is 10.1 Å². The summed E-state index contributed by atoms with van der Waals surface area (Å²) < 4.78 is 40.3. The van der Waals surface area contributed by atoms with Crippen LogP contribution in [0.2, 0.25) is 0 Å². The van der Waals surface area contributed by atoms with E-state index in [9.17, 15) is 13.2 Å². The van der Waals surface area contributed by atoms with Crippen molar-refractivity contribution in [1.82, 2.24) is 5.32 Å². The standard InChI is InChI=1S/C14H18F3NO/c1-3-11(10-18-4-2)8-12-6-5-7-13(9-12)19-14(15,16)17/h5-9,18H,3-4,10H2,1-2H3/b11-8+. The number of rotatable bonds is 6. The molecule has 0 aliphatic heterocycles. The van der Waals surface area contributed by atoms with Gasteiger partial charge in [0.25, 0.3) is 0 Å². The Morgan fingerprint density at radius 1 is 1.32 bits per heavy atom. The van der Waals surface area contributed by atoms with Gasteiger partial charge in [0, 0.05) is 6.54 Å². The minimum atomic E-state index is -4.65. The minimum absolute atomic E-state index is 0.194. The Bertz CT molecular complexity index is 427. The van der Waals surface area contributed by atoms with Crippen molar-refractivity contribution in [3.63, 3.8) is 0 Å². The number of benzene rings is 1. The highest BCUT2D eigenvalue weighted by atomic mass is 19.4. The summed E-state index contributed by atoms with van der Waals surface area (Å²) in [5.41, 5.74) is 1.84. The van der Waals surface area contributed by atoms with E-state index in [1.165, 1.54) is 12.1 Å². The molecule has 0 amide bonds. The fraction of sp³-hybridized carbons (Fsp3) is 0.429. The Balaban J connectivity index is 2.83. The zero-order valence-electron chi connectivity index (χ0n) is 11.1. The number of nitrogens with one attached hydrogen (secondary N) is 1. The van der Waals surface area contributed by atoms with Crippen LogP contribution in [0.3, 0.4) is 0 Å².